The number of ketones is 1. The zero-order valence-electron chi connectivity index (χ0n) is 19.3. The molecule has 1 aromatic carbocycles. The Bertz CT molecular complexity index is 1160. The molecular formula is C26H29ClN4O3. The van der Waals surface area contributed by atoms with Gasteiger partial charge in [0, 0.05) is 29.3 Å². The van der Waals surface area contributed by atoms with Crippen molar-refractivity contribution in [3.63, 3.8) is 0 Å². The summed E-state index contributed by atoms with van der Waals surface area (Å²) in [5, 5.41) is 13.9. The van der Waals surface area contributed by atoms with Gasteiger partial charge in [-0.25, -0.2) is 0 Å². The molecule has 1 aromatic heterocycles. The fourth-order valence-electron chi connectivity index (χ4n) is 6.27. The summed E-state index contributed by atoms with van der Waals surface area (Å²) in [5.41, 5.74) is 2.23. The van der Waals surface area contributed by atoms with Crippen LogP contribution in [0.5, 0.6) is 0 Å². The van der Waals surface area contributed by atoms with Crippen molar-refractivity contribution in [3.8, 4) is 6.07 Å². The highest BCUT2D eigenvalue weighted by atomic mass is 35.5. The molecule has 0 spiro atoms. The molecule has 0 unspecified atom stereocenters. The Morgan fingerprint density at radius 3 is 2.82 bits per heavy atom. The number of nitrogens with one attached hydrogen (secondary N) is 2. The minimum Gasteiger partial charge on any atom is -0.350 e. The van der Waals surface area contributed by atoms with E-state index in [-0.39, 0.29) is 35.4 Å². The lowest BCUT2D eigenvalue weighted by Crippen LogP contribution is -2.51. The average molecular weight is 481 g/mol. The first-order chi connectivity index (χ1) is 16.4. The summed E-state index contributed by atoms with van der Waals surface area (Å²) in [4.78, 5) is 44.0. The summed E-state index contributed by atoms with van der Waals surface area (Å²) < 4.78 is 0. The Kier molecular flexibility index (Phi) is 6.11. The summed E-state index contributed by atoms with van der Waals surface area (Å²) >= 11 is 6.35. The molecule has 1 saturated heterocycles. The molecule has 7 nitrogen and oxygen atoms in total. The number of amides is 2. The highest BCUT2D eigenvalue weighted by Crippen LogP contribution is 2.43. The number of benzene rings is 1. The van der Waals surface area contributed by atoms with Crippen LogP contribution in [-0.4, -0.2) is 46.1 Å². The predicted octanol–water partition coefficient (Wildman–Crippen LogP) is 4.14. The minimum atomic E-state index is -0.730. The van der Waals surface area contributed by atoms with E-state index in [9.17, 15) is 19.6 Å². The third-order valence-corrected chi connectivity index (χ3v) is 8.35. The highest BCUT2D eigenvalue weighted by Gasteiger charge is 2.50. The number of halogens is 1. The van der Waals surface area contributed by atoms with Crippen LogP contribution in [0.4, 0.5) is 0 Å². The van der Waals surface area contributed by atoms with Gasteiger partial charge in [0.2, 0.25) is 5.91 Å². The van der Waals surface area contributed by atoms with Gasteiger partial charge < -0.3 is 15.2 Å². The normalized spacial score (nSPS) is 27.1. The molecule has 2 saturated carbocycles. The van der Waals surface area contributed by atoms with E-state index in [1.54, 1.807) is 11.0 Å². The molecule has 34 heavy (non-hydrogen) atoms. The van der Waals surface area contributed by atoms with E-state index in [2.05, 4.69) is 16.4 Å². The largest absolute Gasteiger partial charge is 0.350 e. The Hall–Kier alpha value is -2.85. The fourth-order valence-corrected chi connectivity index (χ4v) is 6.48. The van der Waals surface area contributed by atoms with Crippen molar-refractivity contribution in [2.24, 2.45) is 17.8 Å². The molecule has 8 heteroatoms. The maximum atomic E-state index is 13.6. The van der Waals surface area contributed by atoms with E-state index >= 15 is 0 Å². The predicted molar refractivity (Wildman–Crippen MR) is 128 cm³/mol. The number of aromatic amines is 1. The van der Waals surface area contributed by atoms with Crippen LogP contribution < -0.4 is 5.32 Å². The van der Waals surface area contributed by atoms with E-state index in [0.717, 1.165) is 48.6 Å². The lowest BCUT2D eigenvalue weighted by molar-refractivity contribution is -0.127. The van der Waals surface area contributed by atoms with Gasteiger partial charge in [-0.15, -0.1) is 0 Å². The Balaban J connectivity index is 1.38. The van der Waals surface area contributed by atoms with E-state index < -0.39 is 12.1 Å². The Morgan fingerprint density at radius 2 is 2.12 bits per heavy atom. The summed E-state index contributed by atoms with van der Waals surface area (Å²) in [5.74, 6) is -0.121. The number of aromatic nitrogens is 1. The smallest absolute Gasteiger partial charge is 0.271 e. The van der Waals surface area contributed by atoms with Gasteiger partial charge in [-0.3, -0.25) is 14.4 Å². The van der Waals surface area contributed by atoms with Crippen LogP contribution in [0.25, 0.3) is 10.9 Å². The monoisotopic (exact) mass is 480 g/mol. The minimum absolute atomic E-state index is 0.0890. The average Bonchev–Trinajstić information content (AvgIpc) is 3.59. The second-order valence-electron chi connectivity index (χ2n) is 10.1. The third-order valence-electron chi connectivity index (χ3n) is 8.02. The number of nitrogens with zero attached hydrogens (tertiary/aromatic N) is 2. The number of nitriles is 1. The summed E-state index contributed by atoms with van der Waals surface area (Å²) in [6.45, 7) is 2.49. The van der Waals surface area contributed by atoms with Crippen LogP contribution in [0.3, 0.4) is 0 Å². The number of H-pyrrole nitrogens is 1. The molecular weight excluding hydrogens is 452 g/mol. The van der Waals surface area contributed by atoms with Gasteiger partial charge in [-0.2, -0.15) is 5.26 Å². The lowest BCUT2D eigenvalue weighted by Gasteiger charge is -2.28. The lowest BCUT2D eigenvalue weighted by atomic mass is 9.92. The van der Waals surface area contributed by atoms with Crippen molar-refractivity contribution in [1.29, 1.82) is 5.26 Å². The van der Waals surface area contributed by atoms with Crippen molar-refractivity contribution < 1.29 is 14.4 Å². The second-order valence-corrected chi connectivity index (χ2v) is 10.5. The molecule has 5 atom stereocenters. The number of hydrogen-bond donors (Lipinski definition) is 2. The first-order valence-corrected chi connectivity index (χ1v) is 12.6. The first kappa shape index (κ1) is 22.9. The Morgan fingerprint density at radius 1 is 1.29 bits per heavy atom. The first-order valence-electron chi connectivity index (χ1n) is 12.2. The number of hydrogen-bond acceptors (Lipinski definition) is 4. The number of aryl methyl sites for hydroxylation is 1. The van der Waals surface area contributed by atoms with E-state index in [1.165, 1.54) is 0 Å². The van der Waals surface area contributed by atoms with Crippen LogP contribution in [0, 0.1) is 36.0 Å². The molecule has 3 fully saturated rings. The molecule has 2 amide bonds. The summed E-state index contributed by atoms with van der Waals surface area (Å²) in [7, 11) is 0. The third kappa shape index (κ3) is 3.98. The molecule has 5 rings (SSSR count). The number of fused-ring (bicyclic) bond motifs is 2. The zero-order valence-corrected chi connectivity index (χ0v) is 20.0. The van der Waals surface area contributed by atoms with Gasteiger partial charge in [0.15, 0.2) is 0 Å². The molecule has 0 radical (unpaired) electrons. The van der Waals surface area contributed by atoms with Crippen LogP contribution in [0.2, 0.25) is 5.02 Å². The number of carbonyl (C=O) groups is 3. The maximum absolute atomic E-state index is 13.6. The van der Waals surface area contributed by atoms with Crippen LogP contribution in [0.1, 0.15) is 61.0 Å². The molecule has 178 valence electrons. The second kappa shape index (κ2) is 9.07. The maximum Gasteiger partial charge on any atom is 0.271 e. The fraction of sp³-hybridized carbons (Fsp3) is 0.538. The number of rotatable bonds is 5. The van der Waals surface area contributed by atoms with Crippen LogP contribution in [0.15, 0.2) is 18.2 Å². The molecule has 1 aliphatic heterocycles. The van der Waals surface area contributed by atoms with Gasteiger partial charge in [0.25, 0.3) is 5.91 Å². The number of likely N-dealkylation sites (tertiary alicyclic amines) is 1. The zero-order chi connectivity index (χ0) is 24.0. The van der Waals surface area contributed by atoms with E-state index in [0.29, 0.717) is 30.1 Å². The quantitative estimate of drug-likeness (QED) is 0.670. The SMILES string of the molecule is Cc1ccc(Cl)c2cc(C(=O)N3C[C@@H]4CCC[C@@H]4[C@H]3C(=O)N[C@H](C#N)C[C@@H]3CCCC3=O)[nH]c12. The van der Waals surface area contributed by atoms with Crippen molar-refractivity contribution in [3.05, 3.63) is 34.5 Å². The van der Waals surface area contributed by atoms with Crippen molar-refractivity contribution in [1.82, 2.24) is 15.2 Å². The number of Topliss-reactive ketones (excluding diaryl/α,β-unsaturated/α-hetero) is 1. The van der Waals surface area contributed by atoms with Gasteiger partial charge in [-0.1, -0.05) is 24.1 Å². The Labute approximate surface area is 203 Å². The van der Waals surface area contributed by atoms with Gasteiger partial charge in [-0.05, 0) is 68.6 Å². The standard InChI is InChI=1S/C26H29ClN4O3/c1-14-8-9-20(27)19-11-21(30-23(14)19)26(34)31-13-16-5-2-6-18(16)24(31)25(33)29-17(12-28)10-15-4-3-7-22(15)32/h8-9,11,15-18,24,30H,2-7,10,13H2,1H3,(H,29,33)/t15-,16-,17-,18-,24-/m0/s1. The van der Waals surface area contributed by atoms with Crippen LogP contribution in [-0.2, 0) is 9.59 Å². The molecule has 2 N–H and O–H groups in total. The molecule has 2 heterocycles. The van der Waals surface area contributed by atoms with Crippen molar-refractivity contribution in [2.45, 2.75) is 64.0 Å². The van der Waals surface area contributed by atoms with E-state index in [4.69, 9.17) is 11.6 Å². The summed E-state index contributed by atoms with van der Waals surface area (Å²) in [6, 6.07) is 6.30. The molecule has 3 aliphatic rings. The molecule has 0 bridgehead atoms. The van der Waals surface area contributed by atoms with Gasteiger partial charge in [0.1, 0.15) is 23.6 Å². The van der Waals surface area contributed by atoms with E-state index in [1.807, 2.05) is 19.1 Å². The van der Waals surface area contributed by atoms with Crippen molar-refractivity contribution >= 4 is 40.1 Å². The summed E-state index contributed by atoms with van der Waals surface area (Å²) in [6.07, 6.45) is 5.44. The number of carbonyl (C=O) groups excluding carboxylic acids is 3. The molecule has 2 aliphatic carbocycles. The van der Waals surface area contributed by atoms with Crippen molar-refractivity contribution in [2.75, 3.05) is 6.54 Å². The topological polar surface area (TPSA) is 106 Å². The van der Waals surface area contributed by atoms with Crippen LogP contribution >= 0.6 is 11.6 Å². The van der Waals surface area contributed by atoms with Gasteiger partial charge >= 0.3 is 0 Å². The molecule has 2 aromatic rings. The highest BCUT2D eigenvalue weighted by molar-refractivity contribution is 6.35. The van der Waals surface area contributed by atoms with Gasteiger partial charge in [0.05, 0.1) is 11.6 Å².